The number of aromatic nitrogens is 3. The van der Waals surface area contributed by atoms with Crippen molar-refractivity contribution in [2.45, 2.75) is 19.8 Å². The summed E-state index contributed by atoms with van der Waals surface area (Å²) in [5.74, 6) is 0.389. The molecule has 0 bridgehead atoms. The summed E-state index contributed by atoms with van der Waals surface area (Å²) in [4.78, 5) is 4.30. The second kappa shape index (κ2) is 3.09. The van der Waals surface area contributed by atoms with Gasteiger partial charge in [0, 0.05) is 11.6 Å². The normalized spacial score (nSPS) is 11.0. The summed E-state index contributed by atoms with van der Waals surface area (Å²) in [6.07, 6.45) is 3.52. The molecule has 2 aromatic rings. The van der Waals surface area contributed by atoms with Gasteiger partial charge in [0.25, 0.3) is 0 Å². The number of fused-ring (bicyclic) bond motifs is 1. The van der Waals surface area contributed by atoms with Crippen LogP contribution in [0.1, 0.15) is 25.5 Å². The van der Waals surface area contributed by atoms with Crippen LogP contribution in [0, 0.1) is 0 Å². The van der Waals surface area contributed by atoms with Crippen LogP contribution in [-0.4, -0.2) is 15.2 Å². The van der Waals surface area contributed by atoms with Crippen LogP contribution in [0.25, 0.3) is 10.9 Å². The van der Waals surface area contributed by atoms with Crippen LogP contribution in [-0.2, 0) is 0 Å². The molecule has 2 heterocycles. The summed E-state index contributed by atoms with van der Waals surface area (Å²) < 4.78 is 0. The topological polar surface area (TPSA) is 38.7 Å². The molecule has 2 rings (SSSR count). The molecule has 0 radical (unpaired) electrons. The summed E-state index contributed by atoms with van der Waals surface area (Å²) >= 11 is 0. The van der Waals surface area contributed by atoms with E-state index in [2.05, 4.69) is 29.0 Å². The summed E-state index contributed by atoms with van der Waals surface area (Å²) in [6, 6.07) is 3.91. The van der Waals surface area contributed by atoms with Crippen LogP contribution in [0.3, 0.4) is 0 Å². The summed E-state index contributed by atoms with van der Waals surface area (Å²) in [5.41, 5.74) is 1.94. The number of nitrogens with zero attached hydrogens (tertiary/aromatic N) is 3. The minimum atomic E-state index is 0.389. The van der Waals surface area contributed by atoms with Crippen LogP contribution in [0.15, 0.2) is 24.5 Å². The Hall–Kier alpha value is -1.51. The average molecular weight is 173 g/mol. The fourth-order valence-corrected chi connectivity index (χ4v) is 1.36. The molecular formula is C10H11N3. The Bertz CT molecular complexity index is 418. The van der Waals surface area contributed by atoms with Crippen LogP contribution >= 0.6 is 0 Å². The van der Waals surface area contributed by atoms with Crippen molar-refractivity contribution in [3.63, 3.8) is 0 Å². The van der Waals surface area contributed by atoms with Crippen LogP contribution in [0.2, 0.25) is 0 Å². The highest BCUT2D eigenvalue weighted by Crippen LogP contribution is 2.19. The van der Waals surface area contributed by atoms with Gasteiger partial charge in [-0.15, -0.1) is 5.10 Å². The lowest BCUT2D eigenvalue weighted by Gasteiger charge is -2.05. The SMILES string of the molecule is CC(C)c1nccc2ccnnc12. The van der Waals surface area contributed by atoms with E-state index >= 15 is 0 Å². The van der Waals surface area contributed by atoms with E-state index in [1.807, 2.05) is 18.3 Å². The Labute approximate surface area is 76.8 Å². The van der Waals surface area contributed by atoms with Crippen molar-refractivity contribution in [2.75, 3.05) is 0 Å². The van der Waals surface area contributed by atoms with E-state index in [1.54, 1.807) is 6.20 Å². The van der Waals surface area contributed by atoms with Crippen molar-refractivity contribution < 1.29 is 0 Å². The summed E-state index contributed by atoms with van der Waals surface area (Å²) in [5, 5.41) is 9.06. The standard InChI is InChI=1S/C10H11N3/c1-7(2)9-10-8(3-5-11-9)4-6-12-13-10/h3-7H,1-2H3. The fraction of sp³-hybridized carbons (Fsp3) is 0.300. The van der Waals surface area contributed by atoms with Gasteiger partial charge in [-0.3, -0.25) is 4.98 Å². The second-order valence-corrected chi connectivity index (χ2v) is 3.32. The van der Waals surface area contributed by atoms with Crippen molar-refractivity contribution in [1.82, 2.24) is 15.2 Å². The van der Waals surface area contributed by atoms with Crippen molar-refractivity contribution in [1.29, 1.82) is 0 Å². The van der Waals surface area contributed by atoms with E-state index in [4.69, 9.17) is 0 Å². The maximum Gasteiger partial charge on any atom is 0.115 e. The number of rotatable bonds is 1. The average Bonchev–Trinajstić information content (AvgIpc) is 2.17. The predicted octanol–water partition coefficient (Wildman–Crippen LogP) is 2.15. The van der Waals surface area contributed by atoms with Gasteiger partial charge in [0.15, 0.2) is 0 Å². The first-order valence-electron chi connectivity index (χ1n) is 4.35. The molecular weight excluding hydrogens is 162 g/mol. The molecule has 0 aliphatic heterocycles. The number of hydrogen-bond donors (Lipinski definition) is 0. The van der Waals surface area contributed by atoms with E-state index in [-0.39, 0.29) is 0 Å². The lowest BCUT2D eigenvalue weighted by atomic mass is 10.1. The lowest BCUT2D eigenvalue weighted by molar-refractivity contribution is 0.826. The van der Waals surface area contributed by atoms with Crippen LogP contribution < -0.4 is 0 Å². The maximum absolute atomic E-state index is 4.30. The Morgan fingerprint density at radius 2 is 1.92 bits per heavy atom. The van der Waals surface area contributed by atoms with E-state index in [9.17, 15) is 0 Å². The van der Waals surface area contributed by atoms with Gasteiger partial charge in [-0.25, -0.2) is 0 Å². The lowest BCUT2D eigenvalue weighted by Crippen LogP contribution is -1.96. The predicted molar refractivity (Wildman–Crippen MR) is 51.4 cm³/mol. The molecule has 3 nitrogen and oxygen atoms in total. The van der Waals surface area contributed by atoms with Crippen molar-refractivity contribution >= 4 is 10.9 Å². The van der Waals surface area contributed by atoms with E-state index in [1.165, 1.54) is 0 Å². The summed E-state index contributed by atoms with van der Waals surface area (Å²) in [7, 11) is 0. The van der Waals surface area contributed by atoms with Crippen LogP contribution in [0.4, 0.5) is 0 Å². The molecule has 0 saturated heterocycles. The van der Waals surface area contributed by atoms with Crippen molar-refractivity contribution in [3.8, 4) is 0 Å². The molecule has 0 atom stereocenters. The highest BCUT2D eigenvalue weighted by molar-refractivity contribution is 5.79. The van der Waals surface area contributed by atoms with Gasteiger partial charge in [0.05, 0.1) is 11.9 Å². The highest BCUT2D eigenvalue weighted by atomic mass is 15.1. The highest BCUT2D eigenvalue weighted by Gasteiger charge is 2.06. The van der Waals surface area contributed by atoms with E-state index < -0.39 is 0 Å². The Balaban J connectivity index is 2.76. The molecule has 0 saturated carbocycles. The molecule has 0 spiro atoms. The molecule has 0 aromatic carbocycles. The third-order valence-electron chi connectivity index (χ3n) is 2.01. The van der Waals surface area contributed by atoms with Crippen molar-refractivity contribution in [3.05, 3.63) is 30.2 Å². The van der Waals surface area contributed by atoms with Gasteiger partial charge in [0.2, 0.25) is 0 Å². The molecule has 0 amide bonds. The molecule has 0 aliphatic carbocycles. The van der Waals surface area contributed by atoms with Gasteiger partial charge >= 0.3 is 0 Å². The molecule has 0 N–H and O–H groups in total. The molecule has 3 heteroatoms. The second-order valence-electron chi connectivity index (χ2n) is 3.32. The van der Waals surface area contributed by atoms with Gasteiger partial charge in [-0.1, -0.05) is 13.8 Å². The number of hydrogen-bond acceptors (Lipinski definition) is 3. The monoisotopic (exact) mass is 173 g/mol. The van der Waals surface area contributed by atoms with E-state index in [0.717, 1.165) is 16.6 Å². The third-order valence-corrected chi connectivity index (χ3v) is 2.01. The minimum absolute atomic E-state index is 0.389. The van der Waals surface area contributed by atoms with Gasteiger partial charge in [0.1, 0.15) is 5.52 Å². The zero-order chi connectivity index (χ0) is 9.26. The molecule has 13 heavy (non-hydrogen) atoms. The minimum Gasteiger partial charge on any atom is -0.259 e. The maximum atomic E-state index is 4.30. The fourth-order valence-electron chi connectivity index (χ4n) is 1.36. The summed E-state index contributed by atoms with van der Waals surface area (Å²) in [6.45, 7) is 4.22. The molecule has 2 aromatic heterocycles. The van der Waals surface area contributed by atoms with Gasteiger partial charge in [-0.2, -0.15) is 5.10 Å². The van der Waals surface area contributed by atoms with E-state index in [0.29, 0.717) is 5.92 Å². The zero-order valence-electron chi connectivity index (χ0n) is 7.73. The molecule has 0 unspecified atom stereocenters. The first kappa shape index (κ1) is 8.10. The Kier molecular flexibility index (Phi) is 1.93. The van der Waals surface area contributed by atoms with Crippen LogP contribution in [0.5, 0.6) is 0 Å². The number of pyridine rings is 1. The third kappa shape index (κ3) is 1.37. The van der Waals surface area contributed by atoms with Crippen molar-refractivity contribution in [2.24, 2.45) is 0 Å². The molecule has 66 valence electrons. The first-order valence-corrected chi connectivity index (χ1v) is 4.35. The quantitative estimate of drug-likeness (QED) is 0.663. The molecule has 0 aliphatic rings. The molecule has 0 fully saturated rings. The smallest absolute Gasteiger partial charge is 0.115 e. The zero-order valence-corrected chi connectivity index (χ0v) is 7.73. The first-order chi connectivity index (χ1) is 6.29. The Morgan fingerprint density at radius 1 is 1.15 bits per heavy atom. The van der Waals surface area contributed by atoms with Gasteiger partial charge < -0.3 is 0 Å². The Morgan fingerprint density at radius 3 is 2.69 bits per heavy atom. The van der Waals surface area contributed by atoms with Gasteiger partial charge in [-0.05, 0) is 18.1 Å². The largest absolute Gasteiger partial charge is 0.259 e.